The van der Waals surface area contributed by atoms with Crippen LogP contribution in [0.1, 0.15) is 18.1 Å². The third kappa shape index (κ3) is 5.64. The molecule has 0 aliphatic carbocycles. The Kier molecular flexibility index (Phi) is 7.86. The van der Waals surface area contributed by atoms with Crippen molar-refractivity contribution in [2.45, 2.75) is 13.5 Å². The van der Waals surface area contributed by atoms with Gasteiger partial charge in [0.2, 0.25) is 0 Å². The lowest BCUT2D eigenvalue weighted by molar-refractivity contribution is 0.267. The van der Waals surface area contributed by atoms with E-state index >= 15 is 0 Å². The van der Waals surface area contributed by atoms with Crippen LogP contribution in [0.15, 0.2) is 105 Å². The van der Waals surface area contributed by atoms with Gasteiger partial charge in [0.1, 0.15) is 6.61 Å². The maximum atomic E-state index is 13.4. The van der Waals surface area contributed by atoms with Gasteiger partial charge in [-0.05, 0) is 70.4 Å². The number of aromatic nitrogens is 2. The number of nitrogens with zero attached hydrogens (tertiary/aromatic N) is 3. The zero-order chi connectivity index (χ0) is 26.5. The van der Waals surface area contributed by atoms with Crippen LogP contribution in [-0.2, 0) is 6.61 Å². The Hall–Kier alpha value is -3.94. The van der Waals surface area contributed by atoms with E-state index in [0.717, 1.165) is 16.7 Å². The molecular weight excluding hydrogens is 566 g/mol. The lowest BCUT2D eigenvalue weighted by Crippen LogP contribution is -2.20. The molecule has 190 valence electrons. The lowest BCUT2D eigenvalue weighted by atomic mass is 10.2. The van der Waals surface area contributed by atoms with E-state index in [1.807, 2.05) is 91.9 Å². The first kappa shape index (κ1) is 25.7. The maximum absolute atomic E-state index is 13.4. The third-order valence-corrected chi connectivity index (χ3v) is 6.58. The number of ether oxygens (including phenoxy) is 2. The van der Waals surface area contributed by atoms with E-state index in [1.54, 1.807) is 12.3 Å². The van der Waals surface area contributed by atoms with Gasteiger partial charge < -0.3 is 9.47 Å². The van der Waals surface area contributed by atoms with Gasteiger partial charge in [0, 0.05) is 10.6 Å². The summed E-state index contributed by atoms with van der Waals surface area (Å²) in [6, 6.07) is 28.0. The summed E-state index contributed by atoms with van der Waals surface area (Å²) in [5.41, 5.74) is 2.85. The number of benzene rings is 4. The van der Waals surface area contributed by atoms with E-state index < -0.39 is 0 Å². The molecule has 0 unspecified atom stereocenters. The van der Waals surface area contributed by atoms with Crippen molar-refractivity contribution in [2.75, 3.05) is 6.61 Å². The summed E-state index contributed by atoms with van der Waals surface area (Å²) in [5.74, 6) is 1.59. The number of hydrogen-bond acceptors (Lipinski definition) is 5. The summed E-state index contributed by atoms with van der Waals surface area (Å²) in [7, 11) is 0. The number of hydrogen-bond donors (Lipinski definition) is 0. The van der Waals surface area contributed by atoms with Gasteiger partial charge in [-0.15, -0.1) is 0 Å². The van der Waals surface area contributed by atoms with Crippen molar-refractivity contribution in [3.05, 3.63) is 122 Å². The van der Waals surface area contributed by atoms with Gasteiger partial charge in [0.25, 0.3) is 5.56 Å². The molecular formula is C30H23BrClN3O3. The second-order valence-corrected chi connectivity index (χ2v) is 9.65. The fourth-order valence-corrected chi connectivity index (χ4v) is 4.63. The highest BCUT2D eigenvalue weighted by Gasteiger charge is 2.14. The molecule has 6 nitrogen and oxygen atoms in total. The number of rotatable bonds is 8. The van der Waals surface area contributed by atoms with Crippen LogP contribution >= 0.6 is 27.5 Å². The van der Waals surface area contributed by atoms with Crippen LogP contribution < -0.4 is 15.0 Å². The zero-order valence-electron chi connectivity index (χ0n) is 20.5. The van der Waals surface area contributed by atoms with E-state index in [0.29, 0.717) is 50.9 Å². The van der Waals surface area contributed by atoms with Crippen LogP contribution in [0.3, 0.4) is 0 Å². The molecule has 4 aromatic carbocycles. The van der Waals surface area contributed by atoms with Crippen molar-refractivity contribution in [1.82, 2.24) is 9.66 Å². The summed E-state index contributed by atoms with van der Waals surface area (Å²) in [5, 5.41) is 5.73. The molecule has 5 rings (SSSR count). The molecule has 5 aromatic rings. The van der Waals surface area contributed by atoms with Crippen molar-refractivity contribution in [2.24, 2.45) is 5.10 Å². The molecule has 38 heavy (non-hydrogen) atoms. The molecule has 0 aliphatic rings. The average molecular weight is 589 g/mol. The normalized spacial score (nSPS) is 11.2. The third-order valence-electron chi connectivity index (χ3n) is 5.74. The molecule has 0 N–H and O–H groups in total. The molecule has 0 spiro atoms. The van der Waals surface area contributed by atoms with Gasteiger partial charge in [0.05, 0.1) is 28.2 Å². The number of halogens is 2. The lowest BCUT2D eigenvalue weighted by Gasteiger charge is -2.15. The Bertz CT molecular complexity index is 1670. The molecule has 0 radical (unpaired) electrons. The number of fused-ring (bicyclic) bond motifs is 1. The van der Waals surface area contributed by atoms with Crippen molar-refractivity contribution >= 4 is 44.6 Å². The van der Waals surface area contributed by atoms with E-state index in [-0.39, 0.29) is 5.56 Å². The van der Waals surface area contributed by atoms with Crippen molar-refractivity contribution in [1.29, 1.82) is 0 Å². The second-order valence-electron chi connectivity index (χ2n) is 8.36. The fourth-order valence-electron chi connectivity index (χ4n) is 3.93. The second kappa shape index (κ2) is 11.6. The van der Waals surface area contributed by atoms with Crippen LogP contribution in [0.25, 0.3) is 22.3 Å². The summed E-state index contributed by atoms with van der Waals surface area (Å²) in [6.45, 7) is 2.71. The first-order valence-corrected chi connectivity index (χ1v) is 13.2. The summed E-state index contributed by atoms with van der Waals surface area (Å²) >= 11 is 9.60. The molecule has 1 aromatic heterocycles. The highest BCUT2D eigenvalue weighted by atomic mass is 79.9. The Balaban J connectivity index is 1.52. The van der Waals surface area contributed by atoms with Gasteiger partial charge in [-0.25, -0.2) is 4.98 Å². The molecule has 0 aliphatic heterocycles. The highest BCUT2D eigenvalue weighted by Crippen LogP contribution is 2.37. The largest absolute Gasteiger partial charge is 0.490 e. The van der Waals surface area contributed by atoms with E-state index in [4.69, 9.17) is 26.1 Å². The SMILES string of the molecule is CCOc1cc(C=Nn2c(-c3ccccc3)nc3ccccc3c2=O)cc(Br)c1OCc1ccc(Cl)cc1. The smallest absolute Gasteiger partial charge is 0.282 e. The first-order valence-electron chi connectivity index (χ1n) is 12.0. The fraction of sp³-hybridized carbons (Fsp3) is 0.100. The van der Waals surface area contributed by atoms with Crippen molar-refractivity contribution in [3.63, 3.8) is 0 Å². The Labute approximate surface area is 233 Å². The van der Waals surface area contributed by atoms with Gasteiger partial charge in [-0.1, -0.05) is 66.2 Å². The molecule has 0 saturated heterocycles. The standard InChI is InChI=1S/C30H23BrClN3O3/c1-2-37-27-17-21(16-25(31)28(27)38-19-20-12-14-23(32)15-13-20)18-33-35-29(22-8-4-3-5-9-22)34-26-11-7-6-10-24(26)30(35)36/h3-18H,2,19H2,1H3. The van der Waals surface area contributed by atoms with E-state index in [9.17, 15) is 4.79 Å². The quantitative estimate of drug-likeness (QED) is 0.178. The van der Waals surface area contributed by atoms with Crippen LogP contribution in [0, 0.1) is 0 Å². The zero-order valence-corrected chi connectivity index (χ0v) is 22.8. The molecule has 1 heterocycles. The molecule has 0 saturated carbocycles. The number of para-hydroxylation sites is 1. The van der Waals surface area contributed by atoms with E-state index in [2.05, 4.69) is 21.0 Å². The van der Waals surface area contributed by atoms with Gasteiger partial charge in [-0.2, -0.15) is 9.78 Å². The summed E-state index contributed by atoms with van der Waals surface area (Å²) in [6.07, 6.45) is 1.61. The van der Waals surface area contributed by atoms with E-state index in [1.165, 1.54) is 4.68 Å². The molecule has 0 bridgehead atoms. The minimum absolute atomic E-state index is 0.252. The van der Waals surface area contributed by atoms with Gasteiger partial charge in [-0.3, -0.25) is 4.79 Å². The van der Waals surface area contributed by atoms with Crippen LogP contribution in [0.5, 0.6) is 11.5 Å². The molecule has 0 atom stereocenters. The highest BCUT2D eigenvalue weighted by molar-refractivity contribution is 9.10. The van der Waals surface area contributed by atoms with Gasteiger partial charge in [0.15, 0.2) is 17.3 Å². The topological polar surface area (TPSA) is 65.7 Å². The average Bonchev–Trinajstić information content (AvgIpc) is 2.93. The Morgan fingerprint density at radius 2 is 1.71 bits per heavy atom. The molecule has 8 heteroatoms. The minimum atomic E-state index is -0.252. The first-order chi connectivity index (χ1) is 18.5. The van der Waals surface area contributed by atoms with Gasteiger partial charge >= 0.3 is 0 Å². The van der Waals surface area contributed by atoms with Crippen molar-refractivity contribution in [3.8, 4) is 22.9 Å². The predicted octanol–water partition coefficient (Wildman–Crippen LogP) is 7.34. The Morgan fingerprint density at radius 3 is 2.47 bits per heavy atom. The minimum Gasteiger partial charge on any atom is -0.490 e. The van der Waals surface area contributed by atoms with Crippen LogP contribution in [0.4, 0.5) is 0 Å². The maximum Gasteiger partial charge on any atom is 0.282 e. The van der Waals surface area contributed by atoms with Crippen LogP contribution in [-0.4, -0.2) is 22.5 Å². The molecule has 0 fully saturated rings. The summed E-state index contributed by atoms with van der Waals surface area (Å²) in [4.78, 5) is 18.2. The predicted molar refractivity (Wildman–Crippen MR) is 156 cm³/mol. The molecule has 0 amide bonds. The van der Waals surface area contributed by atoms with Crippen LogP contribution in [0.2, 0.25) is 5.02 Å². The summed E-state index contributed by atoms with van der Waals surface area (Å²) < 4.78 is 14.0. The Morgan fingerprint density at radius 1 is 0.974 bits per heavy atom. The monoisotopic (exact) mass is 587 g/mol. The van der Waals surface area contributed by atoms with Crippen molar-refractivity contribution < 1.29 is 9.47 Å².